The Bertz CT molecular complexity index is 360. The summed E-state index contributed by atoms with van der Waals surface area (Å²) in [6, 6.07) is 2.15. The Hall–Kier alpha value is -1.03. The molecule has 2 rings (SSSR count). The van der Waals surface area contributed by atoms with E-state index >= 15 is 0 Å². The average Bonchev–Trinajstić information content (AvgIpc) is 2.83. The number of aromatic nitrogens is 2. The number of aromatic amines is 1. The van der Waals surface area contributed by atoms with Gasteiger partial charge in [0.25, 0.3) is 5.56 Å². The fourth-order valence-corrected chi connectivity index (χ4v) is 2.28. The van der Waals surface area contributed by atoms with Crippen LogP contribution in [0.3, 0.4) is 0 Å². The van der Waals surface area contributed by atoms with Gasteiger partial charge in [-0.25, -0.2) is 4.68 Å². The molecule has 1 fully saturated rings. The zero-order valence-electron chi connectivity index (χ0n) is 9.25. The molecule has 1 aromatic heterocycles. The molecule has 0 unspecified atom stereocenters. The van der Waals surface area contributed by atoms with E-state index < -0.39 is 0 Å². The molecule has 84 valence electrons. The van der Waals surface area contributed by atoms with Crippen LogP contribution in [0, 0.1) is 0 Å². The van der Waals surface area contributed by atoms with Gasteiger partial charge < -0.3 is 5.32 Å². The number of nitrogens with zero attached hydrogens (tertiary/aromatic N) is 1. The van der Waals surface area contributed by atoms with Crippen molar-refractivity contribution in [3.63, 3.8) is 0 Å². The predicted octanol–water partition coefficient (Wildman–Crippen LogP) is 1.05. The summed E-state index contributed by atoms with van der Waals surface area (Å²) in [6.45, 7) is 0.907. The van der Waals surface area contributed by atoms with Gasteiger partial charge in [-0.1, -0.05) is 12.8 Å². The lowest BCUT2D eigenvalue weighted by atomic mass is 10.3. The smallest absolute Gasteiger partial charge is 0.266 e. The van der Waals surface area contributed by atoms with Crippen LogP contribution in [0.15, 0.2) is 10.9 Å². The molecule has 1 saturated carbocycles. The summed E-state index contributed by atoms with van der Waals surface area (Å²) in [7, 11) is 1.92. The second-order valence-corrected chi connectivity index (χ2v) is 4.28. The lowest BCUT2D eigenvalue weighted by Crippen LogP contribution is -2.19. The highest BCUT2D eigenvalue weighted by Gasteiger charge is 2.19. The van der Waals surface area contributed by atoms with Crippen molar-refractivity contribution in [1.29, 1.82) is 0 Å². The molecular formula is C11H19N3O. The maximum absolute atomic E-state index is 11.7. The molecule has 2 N–H and O–H groups in total. The van der Waals surface area contributed by atoms with Gasteiger partial charge >= 0.3 is 0 Å². The van der Waals surface area contributed by atoms with Crippen molar-refractivity contribution in [2.24, 2.45) is 0 Å². The quantitative estimate of drug-likeness (QED) is 0.779. The molecule has 1 aliphatic carbocycles. The summed E-state index contributed by atoms with van der Waals surface area (Å²) >= 11 is 0. The molecule has 1 heterocycles. The van der Waals surface area contributed by atoms with Crippen molar-refractivity contribution < 1.29 is 0 Å². The highest BCUT2D eigenvalue weighted by molar-refractivity contribution is 5.01. The fourth-order valence-electron chi connectivity index (χ4n) is 2.28. The Balaban J connectivity index is 2.10. The highest BCUT2D eigenvalue weighted by atomic mass is 16.1. The number of H-pyrrole nitrogens is 1. The minimum atomic E-state index is 0.132. The van der Waals surface area contributed by atoms with E-state index in [-0.39, 0.29) is 5.56 Å². The third-order valence-electron chi connectivity index (χ3n) is 3.13. The summed E-state index contributed by atoms with van der Waals surface area (Å²) in [6.07, 6.45) is 5.69. The SMILES string of the molecule is CNCCc1cc(=O)n(C2CCCC2)[nH]1. The fraction of sp³-hybridized carbons (Fsp3) is 0.727. The topological polar surface area (TPSA) is 49.8 Å². The van der Waals surface area contributed by atoms with E-state index in [1.807, 2.05) is 11.7 Å². The summed E-state index contributed by atoms with van der Waals surface area (Å²) in [4.78, 5) is 11.7. The highest BCUT2D eigenvalue weighted by Crippen LogP contribution is 2.27. The molecule has 0 saturated heterocycles. The number of hydrogen-bond donors (Lipinski definition) is 2. The zero-order valence-corrected chi connectivity index (χ0v) is 9.25. The molecule has 0 radical (unpaired) electrons. The van der Waals surface area contributed by atoms with Gasteiger partial charge in [-0.2, -0.15) is 0 Å². The minimum Gasteiger partial charge on any atom is -0.319 e. The Morgan fingerprint density at radius 3 is 2.93 bits per heavy atom. The van der Waals surface area contributed by atoms with Gasteiger partial charge in [0.05, 0.1) is 6.04 Å². The first-order chi connectivity index (χ1) is 7.31. The van der Waals surface area contributed by atoms with Crippen LogP contribution in [-0.2, 0) is 6.42 Å². The Morgan fingerprint density at radius 1 is 1.53 bits per heavy atom. The van der Waals surface area contributed by atoms with E-state index in [0.29, 0.717) is 6.04 Å². The predicted molar refractivity (Wildman–Crippen MR) is 60.2 cm³/mol. The first kappa shape index (κ1) is 10.5. The molecule has 0 aromatic carbocycles. The lowest BCUT2D eigenvalue weighted by Gasteiger charge is -2.09. The van der Waals surface area contributed by atoms with Gasteiger partial charge in [0.1, 0.15) is 0 Å². The first-order valence-electron chi connectivity index (χ1n) is 5.76. The standard InChI is InChI=1S/C11H19N3O/c1-12-7-6-9-8-11(15)14(13-9)10-4-2-3-5-10/h8,10,12-13H,2-7H2,1H3. The molecule has 1 aromatic rings. The third-order valence-corrected chi connectivity index (χ3v) is 3.13. The van der Waals surface area contributed by atoms with Crippen LogP contribution < -0.4 is 10.9 Å². The molecule has 4 nitrogen and oxygen atoms in total. The molecule has 0 spiro atoms. The number of rotatable bonds is 4. The van der Waals surface area contributed by atoms with Crippen LogP contribution in [0.2, 0.25) is 0 Å². The molecule has 1 aliphatic rings. The first-order valence-corrected chi connectivity index (χ1v) is 5.76. The molecule has 0 atom stereocenters. The van der Waals surface area contributed by atoms with Gasteiger partial charge in [0.15, 0.2) is 0 Å². The van der Waals surface area contributed by atoms with Crippen LogP contribution in [0.1, 0.15) is 37.4 Å². The summed E-state index contributed by atoms with van der Waals surface area (Å²) in [5, 5.41) is 6.31. The van der Waals surface area contributed by atoms with Crippen molar-refractivity contribution >= 4 is 0 Å². The zero-order chi connectivity index (χ0) is 10.7. The summed E-state index contributed by atoms with van der Waals surface area (Å²) in [5.74, 6) is 0. The van der Waals surface area contributed by atoms with Crippen LogP contribution >= 0.6 is 0 Å². The van der Waals surface area contributed by atoms with Gasteiger partial charge in [0, 0.05) is 24.7 Å². The molecule has 0 bridgehead atoms. The van der Waals surface area contributed by atoms with Gasteiger partial charge in [-0.3, -0.25) is 9.89 Å². The maximum atomic E-state index is 11.7. The largest absolute Gasteiger partial charge is 0.319 e. The lowest BCUT2D eigenvalue weighted by molar-refractivity contribution is 0.450. The molecule has 4 heteroatoms. The Kier molecular flexibility index (Phi) is 3.26. The van der Waals surface area contributed by atoms with Crippen molar-refractivity contribution in [1.82, 2.24) is 15.1 Å². The Morgan fingerprint density at radius 2 is 2.27 bits per heavy atom. The molecule has 0 aliphatic heterocycles. The second kappa shape index (κ2) is 4.66. The van der Waals surface area contributed by atoms with Crippen molar-refractivity contribution in [2.45, 2.75) is 38.1 Å². The van der Waals surface area contributed by atoms with Crippen LogP contribution in [-0.4, -0.2) is 23.4 Å². The van der Waals surface area contributed by atoms with Crippen LogP contribution in [0.4, 0.5) is 0 Å². The average molecular weight is 209 g/mol. The minimum absolute atomic E-state index is 0.132. The van der Waals surface area contributed by atoms with E-state index in [1.54, 1.807) is 6.07 Å². The van der Waals surface area contributed by atoms with Gasteiger partial charge in [-0.15, -0.1) is 0 Å². The van der Waals surface area contributed by atoms with E-state index in [1.165, 1.54) is 12.8 Å². The van der Waals surface area contributed by atoms with Crippen LogP contribution in [0.25, 0.3) is 0 Å². The normalized spacial score (nSPS) is 17.4. The molecular weight excluding hydrogens is 190 g/mol. The third kappa shape index (κ3) is 2.31. The monoisotopic (exact) mass is 209 g/mol. The molecule has 0 amide bonds. The van der Waals surface area contributed by atoms with Gasteiger partial charge in [-0.05, 0) is 19.9 Å². The van der Waals surface area contributed by atoms with E-state index in [2.05, 4.69) is 10.4 Å². The summed E-state index contributed by atoms with van der Waals surface area (Å²) < 4.78 is 1.82. The number of likely N-dealkylation sites (N-methyl/N-ethyl adjacent to an activating group) is 1. The van der Waals surface area contributed by atoms with Gasteiger partial charge in [0.2, 0.25) is 0 Å². The van der Waals surface area contributed by atoms with E-state index in [9.17, 15) is 4.79 Å². The van der Waals surface area contributed by atoms with Crippen LogP contribution in [0.5, 0.6) is 0 Å². The number of hydrogen-bond acceptors (Lipinski definition) is 2. The Labute approximate surface area is 89.7 Å². The van der Waals surface area contributed by atoms with Crippen molar-refractivity contribution in [2.75, 3.05) is 13.6 Å². The summed E-state index contributed by atoms with van der Waals surface area (Å²) in [5.41, 5.74) is 1.18. The van der Waals surface area contributed by atoms with Crippen molar-refractivity contribution in [3.05, 3.63) is 22.1 Å². The second-order valence-electron chi connectivity index (χ2n) is 4.28. The molecule has 15 heavy (non-hydrogen) atoms. The van der Waals surface area contributed by atoms with E-state index in [0.717, 1.165) is 31.5 Å². The van der Waals surface area contributed by atoms with E-state index in [4.69, 9.17) is 0 Å². The van der Waals surface area contributed by atoms with Crippen molar-refractivity contribution in [3.8, 4) is 0 Å². The number of nitrogens with one attached hydrogen (secondary N) is 2. The maximum Gasteiger partial charge on any atom is 0.266 e.